The van der Waals surface area contributed by atoms with Gasteiger partial charge >= 0.3 is 0 Å². The van der Waals surface area contributed by atoms with Crippen LogP contribution in [0.15, 0.2) is 18.3 Å². The maximum atomic E-state index is 5.13. The molecule has 1 aromatic heterocycles. The number of hydrogen-bond donors (Lipinski definition) is 0. The SMILES string of the molecule is CCCCCCC(C)(C)c1ccc(OC)cn1. The van der Waals surface area contributed by atoms with Crippen molar-refractivity contribution in [3.05, 3.63) is 24.0 Å². The Morgan fingerprint density at radius 2 is 1.94 bits per heavy atom. The molecule has 17 heavy (non-hydrogen) atoms. The second-order valence-corrected chi connectivity index (χ2v) is 5.28. The van der Waals surface area contributed by atoms with Crippen LogP contribution in [0, 0.1) is 0 Å². The molecule has 0 fully saturated rings. The number of hydrogen-bond acceptors (Lipinski definition) is 2. The molecule has 1 heterocycles. The van der Waals surface area contributed by atoms with Gasteiger partial charge in [-0.2, -0.15) is 0 Å². The lowest BCUT2D eigenvalue weighted by Crippen LogP contribution is -2.18. The number of pyridine rings is 1. The van der Waals surface area contributed by atoms with E-state index in [1.807, 2.05) is 12.3 Å². The van der Waals surface area contributed by atoms with Gasteiger partial charge in [-0.05, 0) is 18.6 Å². The molecule has 0 radical (unpaired) electrons. The summed E-state index contributed by atoms with van der Waals surface area (Å²) >= 11 is 0. The molecule has 0 aliphatic rings. The number of unbranched alkanes of at least 4 members (excludes halogenated alkanes) is 3. The predicted molar refractivity (Wildman–Crippen MR) is 72.6 cm³/mol. The Kier molecular flexibility index (Phi) is 5.46. The number of ether oxygens (including phenoxy) is 1. The lowest BCUT2D eigenvalue weighted by atomic mass is 9.83. The van der Waals surface area contributed by atoms with Gasteiger partial charge in [0.2, 0.25) is 0 Å². The summed E-state index contributed by atoms with van der Waals surface area (Å²) in [5, 5.41) is 0. The Labute approximate surface area is 105 Å². The highest BCUT2D eigenvalue weighted by Gasteiger charge is 2.21. The van der Waals surface area contributed by atoms with E-state index in [1.165, 1.54) is 32.1 Å². The van der Waals surface area contributed by atoms with Crippen molar-refractivity contribution in [1.29, 1.82) is 0 Å². The average molecular weight is 235 g/mol. The van der Waals surface area contributed by atoms with Gasteiger partial charge in [-0.3, -0.25) is 4.98 Å². The number of aromatic nitrogens is 1. The third-order valence-electron chi connectivity index (χ3n) is 3.32. The third kappa shape index (κ3) is 4.37. The normalized spacial score (nSPS) is 11.5. The summed E-state index contributed by atoms with van der Waals surface area (Å²) in [4.78, 5) is 4.50. The highest BCUT2D eigenvalue weighted by Crippen LogP contribution is 2.28. The van der Waals surface area contributed by atoms with E-state index in [4.69, 9.17) is 4.74 Å². The molecule has 0 saturated heterocycles. The van der Waals surface area contributed by atoms with Crippen molar-refractivity contribution in [2.45, 2.75) is 58.3 Å². The zero-order valence-electron chi connectivity index (χ0n) is 11.6. The highest BCUT2D eigenvalue weighted by molar-refractivity contribution is 5.23. The van der Waals surface area contributed by atoms with Crippen LogP contribution in [0.2, 0.25) is 0 Å². The van der Waals surface area contributed by atoms with Crippen LogP contribution in [0.1, 0.15) is 58.6 Å². The van der Waals surface area contributed by atoms with Crippen LogP contribution in [0.3, 0.4) is 0 Å². The molecule has 96 valence electrons. The highest BCUT2D eigenvalue weighted by atomic mass is 16.5. The summed E-state index contributed by atoms with van der Waals surface area (Å²) in [7, 11) is 1.67. The number of rotatable bonds is 7. The van der Waals surface area contributed by atoms with Crippen LogP contribution in [0.5, 0.6) is 5.75 Å². The maximum absolute atomic E-state index is 5.13. The van der Waals surface area contributed by atoms with Crippen LogP contribution in [0.4, 0.5) is 0 Å². The van der Waals surface area contributed by atoms with Crippen molar-refractivity contribution in [2.75, 3.05) is 7.11 Å². The molecule has 1 aromatic rings. The van der Waals surface area contributed by atoms with Crippen molar-refractivity contribution >= 4 is 0 Å². The van der Waals surface area contributed by atoms with E-state index in [1.54, 1.807) is 7.11 Å². The smallest absolute Gasteiger partial charge is 0.137 e. The molecule has 2 nitrogen and oxygen atoms in total. The molecule has 2 heteroatoms. The van der Waals surface area contributed by atoms with Gasteiger partial charge in [0.1, 0.15) is 5.75 Å². The maximum Gasteiger partial charge on any atom is 0.137 e. The minimum absolute atomic E-state index is 0.167. The monoisotopic (exact) mass is 235 g/mol. The van der Waals surface area contributed by atoms with Gasteiger partial charge in [0.05, 0.1) is 13.3 Å². The van der Waals surface area contributed by atoms with Crippen molar-refractivity contribution in [3.63, 3.8) is 0 Å². The Balaban J connectivity index is 2.55. The first-order valence-electron chi connectivity index (χ1n) is 6.60. The van der Waals surface area contributed by atoms with E-state index < -0.39 is 0 Å². The molecule has 0 spiro atoms. The fourth-order valence-electron chi connectivity index (χ4n) is 2.02. The molecule has 0 aliphatic heterocycles. The van der Waals surface area contributed by atoms with Crippen LogP contribution in [-0.2, 0) is 5.41 Å². The first kappa shape index (κ1) is 14.0. The van der Waals surface area contributed by atoms with Gasteiger partial charge in [-0.25, -0.2) is 0 Å². The summed E-state index contributed by atoms with van der Waals surface area (Å²) in [5.74, 6) is 0.829. The van der Waals surface area contributed by atoms with Crippen LogP contribution in [-0.4, -0.2) is 12.1 Å². The lowest BCUT2D eigenvalue weighted by Gasteiger charge is -2.24. The average Bonchev–Trinajstić information content (AvgIpc) is 2.35. The van der Waals surface area contributed by atoms with Gasteiger partial charge in [0.15, 0.2) is 0 Å². The van der Waals surface area contributed by atoms with Gasteiger partial charge < -0.3 is 4.74 Å². The fourth-order valence-corrected chi connectivity index (χ4v) is 2.02. The van der Waals surface area contributed by atoms with E-state index in [0.717, 1.165) is 11.4 Å². The quantitative estimate of drug-likeness (QED) is 0.656. The van der Waals surface area contributed by atoms with Crippen molar-refractivity contribution in [3.8, 4) is 5.75 Å². The Morgan fingerprint density at radius 1 is 1.18 bits per heavy atom. The number of nitrogens with zero attached hydrogens (tertiary/aromatic N) is 1. The Morgan fingerprint density at radius 3 is 2.47 bits per heavy atom. The summed E-state index contributed by atoms with van der Waals surface area (Å²) in [6.07, 6.45) is 8.26. The summed E-state index contributed by atoms with van der Waals surface area (Å²) in [5.41, 5.74) is 1.33. The fraction of sp³-hybridized carbons (Fsp3) is 0.667. The van der Waals surface area contributed by atoms with Crippen LogP contribution < -0.4 is 4.74 Å². The van der Waals surface area contributed by atoms with Gasteiger partial charge in [-0.15, -0.1) is 0 Å². The van der Waals surface area contributed by atoms with Gasteiger partial charge in [0.25, 0.3) is 0 Å². The molecule has 0 bridgehead atoms. The van der Waals surface area contributed by atoms with Crippen LogP contribution >= 0.6 is 0 Å². The van der Waals surface area contributed by atoms with Crippen molar-refractivity contribution < 1.29 is 4.74 Å². The van der Waals surface area contributed by atoms with Crippen molar-refractivity contribution in [1.82, 2.24) is 4.98 Å². The number of methoxy groups -OCH3 is 1. The third-order valence-corrected chi connectivity index (χ3v) is 3.32. The summed E-state index contributed by atoms with van der Waals surface area (Å²) in [6, 6.07) is 4.08. The zero-order valence-corrected chi connectivity index (χ0v) is 11.6. The lowest BCUT2D eigenvalue weighted by molar-refractivity contribution is 0.407. The van der Waals surface area contributed by atoms with Crippen LogP contribution in [0.25, 0.3) is 0 Å². The van der Waals surface area contributed by atoms with E-state index in [9.17, 15) is 0 Å². The van der Waals surface area contributed by atoms with E-state index in [0.29, 0.717) is 0 Å². The molecule has 0 atom stereocenters. The predicted octanol–water partition coefficient (Wildman–Crippen LogP) is 4.34. The molecule has 1 rings (SSSR count). The minimum atomic E-state index is 0.167. The minimum Gasteiger partial charge on any atom is -0.495 e. The standard InChI is InChI=1S/C15H25NO/c1-5-6-7-8-11-15(2,3)14-10-9-13(17-4)12-16-14/h9-10,12H,5-8,11H2,1-4H3. The molecule has 0 N–H and O–H groups in total. The van der Waals surface area contributed by atoms with E-state index in [-0.39, 0.29) is 5.41 Å². The van der Waals surface area contributed by atoms with E-state index >= 15 is 0 Å². The first-order valence-corrected chi connectivity index (χ1v) is 6.60. The molecule has 0 amide bonds. The molecule has 0 aliphatic carbocycles. The van der Waals surface area contributed by atoms with Gasteiger partial charge in [-0.1, -0.05) is 46.5 Å². The Bertz CT molecular complexity index is 316. The van der Waals surface area contributed by atoms with E-state index in [2.05, 4.69) is 31.8 Å². The molecule has 0 saturated carbocycles. The first-order chi connectivity index (χ1) is 8.10. The zero-order chi connectivity index (χ0) is 12.7. The molecular formula is C15H25NO. The molecule has 0 aromatic carbocycles. The summed E-state index contributed by atoms with van der Waals surface area (Å²) < 4.78 is 5.13. The summed E-state index contributed by atoms with van der Waals surface area (Å²) in [6.45, 7) is 6.79. The largest absolute Gasteiger partial charge is 0.495 e. The van der Waals surface area contributed by atoms with Crippen molar-refractivity contribution in [2.24, 2.45) is 0 Å². The Hall–Kier alpha value is -1.05. The second-order valence-electron chi connectivity index (χ2n) is 5.28. The van der Waals surface area contributed by atoms with Gasteiger partial charge in [0, 0.05) is 11.1 Å². The molecule has 0 unspecified atom stereocenters. The molecular weight excluding hydrogens is 210 g/mol. The second kappa shape index (κ2) is 6.63. The topological polar surface area (TPSA) is 22.1 Å².